The van der Waals surface area contributed by atoms with E-state index in [1.165, 1.54) is 42.4 Å². The molecule has 20 heavy (non-hydrogen) atoms. The summed E-state index contributed by atoms with van der Waals surface area (Å²) in [6.45, 7) is 4.48. The highest BCUT2D eigenvalue weighted by Crippen LogP contribution is 2.30. The van der Waals surface area contributed by atoms with Gasteiger partial charge in [-0.05, 0) is 29.5 Å². The number of hydrogen-bond acceptors (Lipinski definition) is 0. The van der Waals surface area contributed by atoms with Gasteiger partial charge in [0.1, 0.15) is 0 Å². The maximum Gasteiger partial charge on any atom is 0.00893 e. The molecule has 0 saturated heterocycles. The van der Waals surface area contributed by atoms with Gasteiger partial charge >= 0.3 is 0 Å². The quantitative estimate of drug-likeness (QED) is 0.542. The highest BCUT2D eigenvalue weighted by molar-refractivity contribution is 5.34. The van der Waals surface area contributed by atoms with Crippen LogP contribution in [0, 0.1) is 0 Å². The fourth-order valence-corrected chi connectivity index (χ4v) is 2.80. The molecular formula is C20H26. The van der Waals surface area contributed by atoms with Crippen LogP contribution in [-0.2, 0) is 6.42 Å². The lowest BCUT2D eigenvalue weighted by atomic mass is 9.86. The van der Waals surface area contributed by atoms with Crippen molar-refractivity contribution in [3.8, 4) is 0 Å². The second kappa shape index (κ2) is 7.89. The number of aryl methyl sites for hydroxylation is 1. The Balaban J connectivity index is 2.20. The summed E-state index contributed by atoms with van der Waals surface area (Å²) in [5.74, 6) is 0.550. The van der Waals surface area contributed by atoms with Crippen LogP contribution in [0.3, 0.4) is 0 Å². The summed E-state index contributed by atoms with van der Waals surface area (Å²) >= 11 is 0. The van der Waals surface area contributed by atoms with E-state index in [2.05, 4.69) is 68.4 Å². The highest BCUT2D eigenvalue weighted by Gasteiger charge is 2.13. The van der Waals surface area contributed by atoms with Crippen LogP contribution in [0.5, 0.6) is 0 Å². The molecule has 0 heterocycles. The molecule has 0 aliphatic rings. The van der Waals surface area contributed by atoms with Gasteiger partial charge in [-0.15, -0.1) is 0 Å². The van der Waals surface area contributed by atoms with Gasteiger partial charge in [0.15, 0.2) is 0 Å². The zero-order valence-electron chi connectivity index (χ0n) is 12.8. The lowest BCUT2D eigenvalue weighted by Crippen LogP contribution is -2.01. The molecular weight excluding hydrogens is 240 g/mol. The number of unbranched alkanes of at least 4 members (excludes halogenated alkanes) is 2. The van der Waals surface area contributed by atoms with Gasteiger partial charge in [0, 0.05) is 5.92 Å². The molecule has 0 saturated carbocycles. The van der Waals surface area contributed by atoms with Crippen LogP contribution in [0.1, 0.15) is 62.1 Å². The third kappa shape index (κ3) is 3.96. The first-order valence-corrected chi connectivity index (χ1v) is 7.99. The molecule has 2 aromatic carbocycles. The van der Waals surface area contributed by atoms with E-state index < -0.39 is 0 Å². The van der Waals surface area contributed by atoms with E-state index >= 15 is 0 Å². The molecule has 0 fully saturated rings. The normalized spacial score (nSPS) is 12.3. The van der Waals surface area contributed by atoms with Gasteiger partial charge < -0.3 is 0 Å². The molecule has 0 radical (unpaired) electrons. The van der Waals surface area contributed by atoms with E-state index in [4.69, 9.17) is 0 Å². The number of rotatable bonds is 7. The molecule has 0 aliphatic heterocycles. The lowest BCUT2D eigenvalue weighted by Gasteiger charge is -2.18. The fraction of sp³-hybridized carbons (Fsp3) is 0.400. The first-order valence-electron chi connectivity index (χ1n) is 7.99. The zero-order valence-corrected chi connectivity index (χ0v) is 12.8. The average molecular weight is 266 g/mol. The Morgan fingerprint density at radius 3 is 2.00 bits per heavy atom. The Hall–Kier alpha value is -1.56. The lowest BCUT2D eigenvalue weighted by molar-refractivity contribution is 0.618. The molecule has 106 valence electrons. The minimum Gasteiger partial charge on any atom is -0.0654 e. The van der Waals surface area contributed by atoms with Gasteiger partial charge in [0.05, 0.1) is 0 Å². The summed E-state index contributed by atoms with van der Waals surface area (Å²) in [6, 6.07) is 20.2. The summed E-state index contributed by atoms with van der Waals surface area (Å²) in [5.41, 5.74) is 4.34. The van der Waals surface area contributed by atoms with Crippen LogP contribution in [0.2, 0.25) is 0 Å². The molecule has 0 heteroatoms. The maximum absolute atomic E-state index is 2.32. The van der Waals surface area contributed by atoms with Gasteiger partial charge in [0.25, 0.3) is 0 Å². The Kier molecular flexibility index (Phi) is 5.86. The maximum atomic E-state index is 2.32. The minimum absolute atomic E-state index is 0.550. The summed E-state index contributed by atoms with van der Waals surface area (Å²) < 4.78 is 0. The van der Waals surface area contributed by atoms with Crippen LogP contribution in [0.25, 0.3) is 0 Å². The Labute approximate surface area is 123 Å². The molecule has 1 unspecified atom stereocenters. The molecule has 2 aromatic rings. The van der Waals surface area contributed by atoms with Gasteiger partial charge in [0.2, 0.25) is 0 Å². The van der Waals surface area contributed by atoms with E-state index in [-0.39, 0.29) is 0 Å². The van der Waals surface area contributed by atoms with Gasteiger partial charge in [-0.2, -0.15) is 0 Å². The minimum atomic E-state index is 0.550. The highest BCUT2D eigenvalue weighted by atomic mass is 14.2. The van der Waals surface area contributed by atoms with Gasteiger partial charge in [-0.1, -0.05) is 87.7 Å². The topological polar surface area (TPSA) is 0 Å². The van der Waals surface area contributed by atoms with Crippen LogP contribution < -0.4 is 0 Å². The van der Waals surface area contributed by atoms with Crippen molar-refractivity contribution in [2.24, 2.45) is 0 Å². The van der Waals surface area contributed by atoms with Crippen LogP contribution in [0.15, 0.2) is 54.6 Å². The molecule has 0 N–H and O–H groups in total. The molecule has 0 amide bonds. The number of benzene rings is 2. The monoisotopic (exact) mass is 266 g/mol. The van der Waals surface area contributed by atoms with E-state index in [0.29, 0.717) is 5.92 Å². The van der Waals surface area contributed by atoms with Crippen molar-refractivity contribution in [3.05, 3.63) is 71.3 Å². The van der Waals surface area contributed by atoms with Crippen molar-refractivity contribution < 1.29 is 0 Å². The van der Waals surface area contributed by atoms with E-state index in [1.807, 2.05) is 0 Å². The molecule has 0 spiro atoms. The molecule has 0 bridgehead atoms. The largest absolute Gasteiger partial charge is 0.0654 e. The molecule has 1 atom stereocenters. The summed E-state index contributed by atoms with van der Waals surface area (Å²) in [5, 5.41) is 0. The molecule has 2 rings (SSSR count). The third-order valence-corrected chi connectivity index (χ3v) is 4.09. The number of hydrogen-bond donors (Lipinski definition) is 0. The van der Waals surface area contributed by atoms with Gasteiger partial charge in [-0.3, -0.25) is 0 Å². The Bertz CT molecular complexity index is 481. The van der Waals surface area contributed by atoms with Crippen molar-refractivity contribution in [2.75, 3.05) is 0 Å². The first kappa shape index (κ1) is 14.8. The zero-order chi connectivity index (χ0) is 14.2. The van der Waals surface area contributed by atoms with Crippen molar-refractivity contribution in [1.29, 1.82) is 0 Å². The SMILES string of the molecule is CCCCCC(c1ccccc1)c1ccc(CC)cc1. The second-order valence-electron chi connectivity index (χ2n) is 5.55. The van der Waals surface area contributed by atoms with Crippen molar-refractivity contribution >= 4 is 0 Å². The van der Waals surface area contributed by atoms with E-state index in [0.717, 1.165) is 6.42 Å². The third-order valence-electron chi connectivity index (χ3n) is 4.09. The smallest absolute Gasteiger partial charge is 0.00893 e. The molecule has 0 nitrogen and oxygen atoms in total. The first-order chi connectivity index (χ1) is 9.85. The van der Waals surface area contributed by atoms with Crippen molar-refractivity contribution in [3.63, 3.8) is 0 Å². The average Bonchev–Trinajstić information content (AvgIpc) is 2.53. The van der Waals surface area contributed by atoms with Gasteiger partial charge in [-0.25, -0.2) is 0 Å². The van der Waals surface area contributed by atoms with E-state index in [1.54, 1.807) is 0 Å². The summed E-state index contributed by atoms with van der Waals surface area (Å²) in [4.78, 5) is 0. The predicted octanol–water partition coefficient (Wildman–Crippen LogP) is 5.96. The molecule has 0 aromatic heterocycles. The second-order valence-corrected chi connectivity index (χ2v) is 5.55. The molecule has 0 aliphatic carbocycles. The predicted molar refractivity (Wildman–Crippen MR) is 88.2 cm³/mol. The summed E-state index contributed by atoms with van der Waals surface area (Å²) in [7, 11) is 0. The van der Waals surface area contributed by atoms with Crippen molar-refractivity contribution in [2.45, 2.75) is 51.9 Å². The van der Waals surface area contributed by atoms with Crippen molar-refractivity contribution in [1.82, 2.24) is 0 Å². The standard InChI is InChI=1S/C20H26/c1-3-5-7-12-20(18-10-8-6-9-11-18)19-15-13-17(4-2)14-16-19/h6,8-11,13-16,20H,3-5,7,12H2,1-2H3. The van der Waals surface area contributed by atoms with Crippen LogP contribution in [-0.4, -0.2) is 0 Å². The van der Waals surface area contributed by atoms with Crippen LogP contribution in [0.4, 0.5) is 0 Å². The van der Waals surface area contributed by atoms with E-state index in [9.17, 15) is 0 Å². The Morgan fingerprint density at radius 2 is 1.40 bits per heavy atom. The summed E-state index contributed by atoms with van der Waals surface area (Å²) in [6.07, 6.45) is 6.30. The fourth-order valence-electron chi connectivity index (χ4n) is 2.80. The Morgan fingerprint density at radius 1 is 0.750 bits per heavy atom. The van der Waals surface area contributed by atoms with Crippen LogP contribution >= 0.6 is 0 Å².